The summed E-state index contributed by atoms with van der Waals surface area (Å²) < 4.78 is 30.3. The van der Waals surface area contributed by atoms with E-state index >= 15 is 0 Å². The molecule has 0 aromatic heterocycles. The standard InChI is InChI=1S/C10H17NO5S/c1-16-10(13)8-3-2-4-9(8)17(14,15)11-5-7(12)6-11/h7-9,12H,2-6H2,1H3. The molecule has 0 aromatic rings. The van der Waals surface area contributed by atoms with E-state index < -0.39 is 33.3 Å². The van der Waals surface area contributed by atoms with E-state index in [-0.39, 0.29) is 13.1 Å². The monoisotopic (exact) mass is 263 g/mol. The lowest BCUT2D eigenvalue weighted by molar-refractivity contribution is -0.145. The first-order valence-corrected chi connectivity index (χ1v) is 7.22. The SMILES string of the molecule is COC(=O)C1CCCC1S(=O)(=O)N1CC(O)C1. The summed E-state index contributed by atoms with van der Waals surface area (Å²) in [5.74, 6) is -1.00. The summed E-state index contributed by atoms with van der Waals surface area (Å²) in [6.07, 6.45) is 1.21. The highest BCUT2D eigenvalue weighted by Crippen LogP contribution is 2.35. The molecule has 2 aliphatic rings. The van der Waals surface area contributed by atoms with Crippen molar-refractivity contribution in [2.75, 3.05) is 20.2 Å². The summed E-state index contributed by atoms with van der Waals surface area (Å²) in [6.45, 7) is 0.291. The summed E-state index contributed by atoms with van der Waals surface area (Å²) in [5.41, 5.74) is 0. The van der Waals surface area contributed by atoms with Crippen molar-refractivity contribution >= 4 is 16.0 Å². The summed E-state index contributed by atoms with van der Waals surface area (Å²) in [5, 5.41) is 8.47. The normalized spacial score (nSPS) is 31.2. The fraction of sp³-hybridized carbons (Fsp3) is 0.900. The molecule has 1 saturated heterocycles. The molecule has 2 atom stereocenters. The fourth-order valence-corrected chi connectivity index (χ4v) is 4.79. The molecule has 1 aliphatic heterocycles. The van der Waals surface area contributed by atoms with Gasteiger partial charge in [0.05, 0.1) is 24.4 Å². The van der Waals surface area contributed by atoms with Crippen LogP contribution in [0.3, 0.4) is 0 Å². The number of hydrogen-bond acceptors (Lipinski definition) is 5. The van der Waals surface area contributed by atoms with Gasteiger partial charge in [-0.25, -0.2) is 8.42 Å². The molecule has 6 nitrogen and oxygen atoms in total. The molecule has 1 aliphatic carbocycles. The predicted molar refractivity (Wildman–Crippen MR) is 59.6 cm³/mol. The number of methoxy groups -OCH3 is 1. The minimum atomic E-state index is -3.47. The van der Waals surface area contributed by atoms with E-state index in [9.17, 15) is 13.2 Å². The van der Waals surface area contributed by atoms with Gasteiger partial charge in [-0.05, 0) is 12.8 Å². The van der Waals surface area contributed by atoms with Gasteiger partial charge in [-0.15, -0.1) is 0 Å². The molecule has 2 unspecified atom stereocenters. The van der Waals surface area contributed by atoms with E-state index in [0.29, 0.717) is 12.8 Å². The van der Waals surface area contributed by atoms with Crippen molar-refractivity contribution in [3.05, 3.63) is 0 Å². The first kappa shape index (κ1) is 12.8. The molecule has 0 spiro atoms. The molecule has 2 rings (SSSR count). The number of hydrogen-bond donors (Lipinski definition) is 1. The molecule has 0 bridgehead atoms. The van der Waals surface area contributed by atoms with Gasteiger partial charge in [0.2, 0.25) is 10.0 Å². The highest BCUT2D eigenvalue weighted by molar-refractivity contribution is 7.89. The summed E-state index contributed by atoms with van der Waals surface area (Å²) >= 11 is 0. The van der Waals surface area contributed by atoms with Crippen molar-refractivity contribution in [1.29, 1.82) is 0 Å². The Hall–Kier alpha value is -0.660. The van der Waals surface area contributed by atoms with Gasteiger partial charge in [0.25, 0.3) is 0 Å². The molecule has 17 heavy (non-hydrogen) atoms. The molecule has 1 saturated carbocycles. The minimum Gasteiger partial charge on any atom is -0.469 e. The number of rotatable bonds is 3. The van der Waals surface area contributed by atoms with Crippen molar-refractivity contribution in [3.63, 3.8) is 0 Å². The Labute approximate surface area is 101 Å². The number of aliphatic hydroxyl groups excluding tert-OH is 1. The lowest BCUT2D eigenvalue weighted by Crippen LogP contribution is -2.56. The van der Waals surface area contributed by atoms with Gasteiger partial charge >= 0.3 is 5.97 Å². The molecular formula is C10H17NO5S. The smallest absolute Gasteiger partial charge is 0.310 e. The lowest BCUT2D eigenvalue weighted by Gasteiger charge is -2.37. The second-order valence-electron chi connectivity index (χ2n) is 4.61. The highest BCUT2D eigenvalue weighted by atomic mass is 32.2. The highest BCUT2D eigenvalue weighted by Gasteiger charge is 2.47. The fourth-order valence-electron chi connectivity index (χ4n) is 2.52. The maximum absolute atomic E-state index is 12.2. The summed E-state index contributed by atoms with van der Waals surface area (Å²) in [4.78, 5) is 11.5. The number of carbonyl (C=O) groups excluding carboxylic acids is 1. The average molecular weight is 263 g/mol. The number of carbonyl (C=O) groups is 1. The van der Waals surface area contributed by atoms with E-state index in [1.54, 1.807) is 0 Å². The van der Waals surface area contributed by atoms with Crippen LogP contribution >= 0.6 is 0 Å². The van der Waals surface area contributed by atoms with Crippen LogP contribution in [0.5, 0.6) is 0 Å². The Balaban J connectivity index is 2.13. The molecule has 98 valence electrons. The average Bonchev–Trinajstić information content (AvgIpc) is 2.73. The third-order valence-electron chi connectivity index (χ3n) is 3.53. The van der Waals surface area contributed by atoms with Crippen LogP contribution in [-0.2, 0) is 19.6 Å². The minimum absolute atomic E-state index is 0.146. The number of esters is 1. The number of nitrogens with zero attached hydrogens (tertiary/aromatic N) is 1. The van der Waals surface area contributed by atoms with Gasteiger partial charge < -0.3 is 9.84 Å². The van der Waals surface area contributed by atoms with Gasteiger partial charge in [0.15, 0.2) is 0 Å². The van der Waals surface area contributed by atoms with Gasteiger partial charge in [0.1, 0.15) is 0 Å². The number of ether oxygens (including phenoxy) is 1. The van der Waals surface area contributed by atoms with Gasteiger partial charge in [-0.3, -0.25) is 4.79 Å². The van der Waals surface area contributed by atoms with Crippen LogP contribution < -0.4 is 0 Å². The van der Waals surface area contributed by atoms with Crippen LogP contribution in [0.15, 0.2) is 0 Å². The number of β-amino-alcohol motifs (C(OH)–C–C–N with tert-alkyl or cyclic N) is 1. The van der Waals surface area contributed by atoms with E-state index in [1.807, 2.05) is 0 Å². The zero-order valence-corrected chi connectivity index (χ0v) is 10.5. The first-order chi connectivity index (χ1) is 7.96. The Morgan fingerprint density at radius 1 is 1.35 bits per heavy atom. The quantitative estimate of drug-likeness (QED) is 0.683. The lowest BCUT2D eigenvalue weighted by atomic mass is 10.1. The second kappa shape index (κ2) is 4.55. The maximum Gasteiger partial charge on any atom is 0.310 e. The van der Waals surface area contributed by atoms with Crippen LogP contribution in [-0.4, -0.2) is 55.4 Å². The van der Waals surface area contributed by atoms with Crippen LogP contribution in [0.1, 0.15) is 19.3 Å². The molecule has 1 heterocycles. The van der Waals surface area contributed by atoms with Crippen molar-refractivity contribution in [1.82, 2.24) is 4.31 Å². The van der Waals surface area contributed by atoms with Crippen LogP contribution in [0.4, 0.5) is 0 Å². The summed E-state index contributed by atoms with van der Waals surface area (Å²) in [6, 6.07) is 0. The molecular weight excluding hydrogens is 246 g/mol. The Bertz CT molecular complexity index is 401. The molecule has 2 fully saturated rings. The number of sulfonamides is 1. The third kappa shape index (κ3) is 2.19. The van der Waals surface area contributed by atoms with Gasteiger partial charge in [-0.2, -0.15) is 4.31 Å². The molecule has 0 radical (unpaired) electrons. The largest absolute Gasteiger partial charge is 0.469 e. The molecule has 1 N–H and O–H groups in total. The Morgan fingerprint density at radius 3 is 2.53 bits per heavy atom. The third-order valence-corrected chi connectivity index (χ3v) is 5.88. The van der Waals surface area contributed by atoms with Crippen LogP contribution in [0, 0.1) is 5.92 Å². The van der Waals surface area contributed by atoms with Crippen molar-refractivity contribution < 1.29 is 23.1 Å². The van der Waals surface area contributed by atoms with Crippen molar-refractivity contribution in [3.8, 4) is 0 Å². The van der Waals surface area contributed by atoms with E-state index in [1.165, 1.54) is 11.4 Å². The van der Waals surface area contributed by atoms with Gasteiger partial charge in [0, 0.05) is 13.1 Å². The Morgan fingerprint density at radius 2 is 2.00 bits per heavy atom. The zero-order chi connectivity index (χ0) is 12.6. The van der Waals surface area contributed by atoms with E-state index in [4.69, 9.17) is 5.11 Å². The van der Waals surface area contributed by atoms with Crippen molar-refractivity contribution in [2.24, 2.45) is 5.92 Å². The second-order valence-corrected chi connectivity index (χ2v) is 6.77. The molecule has 0 amide bonds. The maximum atomic E-state index is 12.2. The van der Waals surface area contributed by atoms with Crippen LogP contribution in [0.2, 0.25) is 0 Å². The van der Waals surface area contributed by atoms with E-state index in [0.717, 1.165) is 6.42 Å². The van der Waals surface area contributed by atoms with Crippen molar-refractivity contribution in [2.45, 2.75) is 30.6 Å². The first-order valence-electron chi connectivity index (χ1n) is 5.71. The molecule has 0 aromatic carbocycles. The van der Waals surface area contributed by atoms with E-state index in [2.05, 4.69) is 4.74 Å². The molecule has 7 heteroatoms. The number of aliphatic hydroxyl groups is 1. The predicted octanol–water partition coefficient (Wildman–Crippen LogP) is -0.666. The van der Waals surface area contributed by atoms with Gasteiger partial charge in [-0.1, -0.05) is 6.42 Å². The van der Waals surface area contributed by atoms with Crippen LogP contribution in [0.25, 0.3) is 0 Å². The zero-order valence-electron chi connectivity index (χ0n) is 9.70. The summed E-state index contributed by atoms with van der Waals surface area (Å²) in [7, 11) is -2.19. The topological polar surface area (TPSA) is 83.9 Å². The Kier molecular flexibility index (Phi) is 3.42.